The van der Waals surface area contributed by atoms with Crippen LogP contribution in [0.15, 0.2) is 41.4 Å². The highest BCUT2D eigenvalue weighted by Crippen LogP contribution is 2.37. The fourth-order valence-electron chi connectivity index (χ4n) is 2.64. The Hall–Kier alpha value is -1.49. The Balaban J connectivity index is 1.85. The fourth-order valence-corrected chi connectivity index (χ4v) is 4.63. The number of thioether (sulfide) groups is 1. The number of carbonyl (C=O) groups excluding carboxylic acids is 2. The summed E-state index contributed by atoms with van der Waals surface area (Å²) in [4.78, 5) is 31.3. The third kappa shape index (κ3) is 5.36. The molecule has 0 spiro atoms. The average molecular weight is 564 g/mol. The Labute approximate surface area is 195 Å². The molecule has 1 atom stereocenters. The first-order valence-electron chi connectivity index (χ1n) is 8.58. The maximum atomic E-state index is 12.7. The number of carbonyl (C=O) groups is 2. The monoisotopic (exact) mass is 563 g/mol. The molecule has 0 radical (unpaired) electrons. The molecule has 6 nitrogen and oxygen atoms in total. The summed E-state index contributed by atoms with van der Waals surface area (Å²) in [7, 11) is 0. The number of aliphatic imine (C=N–C) groups is 1. The van der Waals surface area contributed by atoms with Crippen LogP contribution in [0, 0.1) is 3.57 Å². The van der Waals surface area contributed by atoms with E-state index < -0.39 is 5.25 Å². The van der Waals surface area contributed by atoms with Crippen LogP contribution in [0.5, 0.6) is 5.75 Å². The van der Waals surface area contributed by atoms with E-state index in [1.807, 2.05) is 31.2 Å². The maximum Gasteiger partial charge on any atom is 0.238 e. The SMILES string of the molecule is CCN1C(=O)CC(C(=O)Nc2ccc(I)cc2)SC1=Nc1cc(Cl)c(O)c(Cl)c1. The number of phenolic OH excluding ortho intramolecular Hbond substituents is 1. The van der Waals surface area contributed by atoms with Crippen LogP contribution in [0.3, 0.4) is 0 Å². The number of nitrogens with one attached hydrogen (secondary N) is 1. The second-order valence-electron chi connectivity index (χ2n) is 6.10. The van der Waals surface area contributed by atoms with Gasteiger partial charge >= 0.3 is 0 Å². The van der Waals surface area contributed by atoms with Gasteiger partial charge < -0.3 is 10.4 Å². The van der Waals surface area contributed by atoms with Gasteiger partial charge in [-0.05, 0) is 65.9 Å². The molecule has 3 rings (SSSR count). The van der Waals surface area contributed by atoms with Crippen molar-refractivity contribution < 1.29 is 14.7 Å². The van der Waals surface area contributed by atoms with E-state index in [9.17, 15) is 14.7 Å². The number of anilines is 1. The number of aromatic hydroxyl groups is 1. The van der Waals surface area contributed by atoms with Crippen molar-refractivity contribution in [2.75, 3.05) is 11.9 Å². The topological polar surface area (TPSA) is 82.0 Å². The highest BCUT2D eigenvalue weighted by atomic mass is 127. The van der Waals surface area contributed by atoms with Gasteiger partial charge in [-0.2, -0.15) is 0 Å². The van der Waals surface area contributed by atoms with E-state index in [4.69, 9.17) is 23.2 Å². The summed E-state index contributed by atoms with van der Waals surface area (Å²) in [6, 6.07) is 10.3. The van der Waals surface area contributed by atoms with Gasteiger partial charge in [-0.1, -0.05) is 35.0 Å². The quantitative estimate of drug-likeness (QED) is 0.496. The molecule has 152 valence electrons. The van der Waals surface area contributed by atoms with Crippen molar-refractivity contribution in [3.05, 3.63) is 50.0 Å². The van der Waals surface area contributed by atoms with Gasteiger partial charge in [0.1, 0.15) is 5.25 Å². The molecule has 0 aliphatic carbocycles. The number of amidine groups is 1. The maximum absolute atomic E-state index is 12.7. The molecular weight excluding hydrogens is 548 g/mol. The number of phenols is 1. The Morgan fingerprint density at radius 3 is 2.52 bits per heavy atom. The first kappa shape index (κ1) is 22.2. The predicted octanol–water partition coefficient (Wildman–Crippen LogP) is 5.28. The highest BCUT2D eigenvalue weighted by molar-refractivity contribution is 14.1. The summed E-state index contributed by atoms with van der Waals surface area (Å²) < 4.78 is 1.06. The Bertz CT molecular complexity index is 962. The van der Waals surface area contributed by atoms with Gasteiger partial charge in [0.15, 0.2) is 10.9 Å². The molecule has 2 aromatic carbocycles. The molecule has 10 heteroatoms. The molecule has 1 heterocycles. The molecule has 1 aliphatic heterocycles. The Morgan fingerprint density at radius 2 is 1.93 bits per heavy atom. The highest BCUT2D eigenvalue weighted by Gasteiger charge is 2.35. The third-order valence-electron chi connectivity index (χ3n) is 4.09. The summed E-state index contributed by atoms with van der Waals surface area (Å²) in [6.45, 7) is 2.24. The average Bonchev–Trinajstić information content (AvgIpc) is 2.67. The minimum Gasteiger partial charge on any atom is -0.505 e. The zero-order chi connectivity index (χ0) is 21.1. The zero-order valence-corrected chi connectivity index (χ0v) is 19.6. The molecule has 1 fully saturated rings. The molecule has 0 bridgehead atoms. The lowest BCUT2D eigenvalue weighted by Gasteiger charge is -2.31. The van der Waals surface area contributed by atoms with Crippen molar-refractivity contribution in [3.63, 3.8) is 0 Å². The van der Waals surface area contributed by atoms with Crippen molar-refractivity contribution in [2.45, 2.75) is 18.6 Å². The van der Waals surface area contributed by atoms with E-state index >= 15 is 0 Å². The van der Waals surface area contributed by atoms with Gasteiger partial charge in [0.05, 0.1) is 15.7 Å². The molecule has 2 N–H and O–H groups in total. The van der Waals surface area contributed by atoms with Crippen LogP contribution in [0.2, 0.25) is 10.0 Å². The van der Waals surface area contributed by atoms with Crippen molar-refractivity contribution in [3.8, 4) is 5.75 Å². The summed E-state index contributed by atoms with van der Waals surface area (Å²) in [5, 5.41) is 12.4. The van der Waals surface area contributed by atoms with Crippen LogP contribution in [-0.4, -0.2) is 38.8 Å². The lowest BCUT2D eigenvalue weighted by atomic mass is 10.2. The molecule has 0 saturated carbocycles. The summed E-state index contributed by atoms with van der Waals surface area (Å²) in [5.74, 6) is -0.690. The van der Waals surface area contributed by atoms with Gasteiger partial charge in [-0.15, -0.1) is 0 Å². The van der Waals surface area contributed by atoms with Gasteiger partial charge in [-0.25, -0.2) is 4.99 Å². The number of hydrogen-bond acceptors (Lipinski definition) is 5. The normalized spacial score (nSPS) is 18.2. The lowest BCUT2D eigenvalue weighted by Crippen LogP contribution is -2.45. The van der Waals surface area contributed by atoms with Crippen LogP contribution >= 0.6 is 57.6 Å². The zero-order valence-electron chi connectivity index (χ0n) is 15.2. The van der Waals surface area contributed by atoms with Gasteiger partial charge in [0.25, 0.3) is 0 Å². The molecule has 0 aromatic heterocycles. The summed E-state index contributed by atoms with van der Waals surface area (Å²) >= 11 is 15.3. The minimum atomic E-state index is -0.619. The number of benzene rings is 2. The van der Waals surface area contributed by atoms with Crippen molar-refractivity contribution in [2.24, 2.45) is 4.99 Å². The number of rotatable bonds is 4. The van der Waals surface area contributed by atoms with E-state index in [1.165, 1.54) is 28.8 Å². The van der Waals surface area contributed by atoms with E-state index in [-0.39, 0.29) is 34.0 Å². The number of amides is 2. The smallest absolute Gasteiger partial charge is 0.238 e. The second kappa shape index (κ2) is 9.55. The first-order valence-corrected chi connectivity index (χ1v) is 11.3. The van der Waals surface area contributed by atoms with Crippen molar-refractivity contribution in [1.29, 1.82) is 0 Å². The summed E-state index contributed by atoms with van der Waals surface area (Å²) in [6.07, 6.45) is 0.0742. The number of hydrogen-bond donors (Lipinski definition) is 2. The standard InChI is InChI=1S/C19H16Cl2IN3O3S/c1-2-25-16(26)9-15(18(28)23-11-5-3-10(22)4-6-11)29-19(25)24-12-7-13(20)17(27)14(21)8-12/h3-8,15,27H,2,9H2,1H3,(H,23,28). The van der Waals surface area contributed by atoms with Crippen LogP contribution in [0.4, 0.5) is 11.4 Å². The van der Waals surface area contributed by atoms with E-state index in [2.05, 4.69) is 32.9 Å². The number of halogens is 3. The van der Waals surface area contributed by atoms with Gasteiger partial charge in [0, 0.05) is 22.2 Å². The van der Waals surface area contributed by atoms with E-state index in [0.29, 0.717) is 23.1 Å². The van der Waals surface area contributed by atoms with Crippen molar-refractivity contribution in [1.82, 2.24) is 4.90 Å². The second-order valence-corrected chi connectivity index (χ2v) is 9.33. The van der Waals surface area contributed by atoms with Gasteiger partial charge in [0.2, 0.25) is 11.8 Å². The molecular formula is C19H16Cl2IN3O3S. The lowest BCUT2D eigenvalue weighted by molar-refractivity contribution is -0.129. The third-order valence-corrected chi connectivity index (χ3v) is 6.57. The minimum absolute atomic E-state index is 0.0556. The number of nitrogens with zero attached hydrogens (tertiary/aromatic N) is 2. The summed E-state index contributed by atoms with van der Waals surface area (Å²) in [5.41, 5.74) is 1.04. The van der Waals surface area contributed by atoms with Crippen molar-refractivity contribution >= 4 is 85.9 Å². The van der Waals surface area contributed by atoms with E-state index in [0.717, 1.165) is 3.57 Å². The molecule has 2 amide bonds. The van der Waals surface area contributed by atoms with Crippen LogP contribution in [0.25, 0.3) is 0 Å². The molecule has 1 unspecified atom stereocenters. The fraction of sp³-hybridized carbons (Fsp3) is 0.211. The molecule has 29 heavy (non-hydrogen) atoms. The Morgan fingerprint density at radius 1 is 1.31 bits per heavy atom. The largest absolute Gasteiger partial charge is 0.505 e. The Kier molecular flexibility index (Phi) is 7.31. The van der Waals surface area contributed by atoms with Gasteiger partial charge in [-0.3, -0.25) is 14.5 Å². The van der Waals surface area contributed by atoms with Crippen LogP contribution in [0.1, 0.15) is 13.3 Å². The molecule has 2 aromatic rings. The van der Waals surface area contributed by atoms with Crippen LogP contribution < -0.4 is 5.32 Å². The predicted molar refractivity (Wildman–Crippen MR) is 126 cm³/mol. The van der Waals surface area contributed by atoms with E-state index in [1.54, 1.807) is 0 Å². The molecule has 1 aliphatic rings. The molecule has 1 saturated heterocycles. The van der Waals surface area contributed by atoms with Crippen LogP contribution in [-0.2, 0) is 9.59 Å². The first-order chi connectivity index (χ1) is 13.8.